The first-order valence-corrected chi connectivity index (χ1v) is 9.42. The monoisotopic (exact) mass is 427 g/mol. The Bertz CT molecular complexity index is 697. The van der Waals surface area contributed by atoms with Crippen molar-refractivity contribution in [3.63, 3.8) is 0 Å². The van der Waals surface area contributed by atoms with Crippen LogP contribution in [0.1, 0.15) is 25.0 Å². The number of unbranched alkanes of at least 4 members (excludes halogenated alkanes) is 1. The molecule has 0 aliphatic heterocycles. The van der Waals surface area contributed by atoms with Crippen LogP contribution in [0, 0.1) is 0 Å². The molecule has 0 saturated carbocycles. The minimum Gasteiger partial charge on any atom is -0.480 e. The van der Waals surface area contributed by atoms with Crippen molar-refractivity contribution in [2.45, 2.75) is 43.8 Å². The standard InChI is InChI=1S/C17H29N7O6/c18-4-2-1-3-12(17(29)30)23-14(26)7-21-16(28)13(8-25)24-15(27)11(19)5-10-6-20-9-22-10/h6,9,11-13,25H,1-5,7-8,18-19H2,(H,20,22)(H,21,28)(H,23,26)(H,24,27)(H,29,30). The summed E-state index contributed by atoms with van der Waals surface area (Å²) in [6, 6.07) is -3.41. The van der Waals surface area contributed by atoms with Crippen LogP contribution in [-0.4, -0.2) is 81.7 Å². The quantitative estimate of drug-likeness (QED) is 0.138. The van der Waals surface area contributed by atoms with Gasteiger partial charge in [-0.1, -0.05) is 0 Å². The highest BCUT2D eigenvalue weighted by Crippen LogP contribution is 2.01. The second-order valence-electron chi connectivity index (χ2n) is 6.59. The van der Waals surface area contributed by atoms with Gasteiger partial charge in [-0.3, -0.25) is 14.4 Å². The van der Waals surface area contributed by atoms with Gasteiger partial charge in [0.1, 0.15) is 12.1 Å². The molecule has 3 atom stereocenters. The van der Waals surface area contributed by atoms with Gasteiger partial charge in [-0.25, -0.2) is 9.78 Å². The number of hydrogen-bond donors (Lipinski definition) is 8. The van der Waals surface area contributed by atoms with E-state index in [0.717, 1.165) is 0 Å². The lowest BCUT2D eigenvalue weighted by Gasteiger charge is -2.19. The number of aliphatic hydroxyl groups is 1. The third kappa shape index (κ3) is 8.98. The Hall–Kier alpha value is -3.03. The van der Waals surface area contributed by atoms with Crippen molar-refractivity contribution in [1.29, 1.82) is 0 Å². The lowest BCUT2D eigenvalue weighted by molar-refractivity contribution is -0.142. The fourth-order valence-corrected chi connectivity index (χ4v) is 2.48. The number of H-pyrrole nitrogens is 1. The van der Waals surface area contributed by atoms with Gasteiger partial charge in [0.05, 0.1) is 25.5 Å². The second kappa shape index (κ2) is 13.2. The first-order chi connectivity index (χ1) is 14.3. The van der Waals surface area contributed by atoms with Crippen LogP contribution in [0.2, 0.25) is 0 Å². The molecule has 168 valence electrons. The normalized spacial score (nSPS) is 13.7. The van der Waals surface area contributed by atoms with Gasteiger partial charge in [0.15, 0.2) is 0 Å². The summed E-state index contributed by atoms with van der Waals surface area (Å²) >= 11 is 0. The summed E-state index contributed by atoms with van der Waals surface area (Å²) in [5.74, 6) is -3.40. The average molecular weight is 427 g/mol. The first-order valence-electron chi connectivity index (χ1n) is 9.42. The molecule has 1 aromatic heterocycles. The van der Waals surface area contributed by atoms with E-state index in [1.807, 2.05) is 0 Å². The van der Waals surface area contributed by atoms with Crippen LogP contribution in [0.15, 0.2) is 12.5 Å². The topological polar surface area (TPSA) is 226 Å². The number of aliphatic hydroxyl groups excluding tert-OH is 1. The van der Waals surface area contributed by atoms with E-state index in [9.17, 15) is 24.3 Å². The Morgan fingerprint density at radius 2 is 1.87 bits per heavy atom. The molecule has 13 nitrogen and oxygen atoms in total. The van der Waals surface area contributed by atoms with Crippen molar-refractivity contribution in [2.24, 2.45) is 11.5 Å². The summed E-state index contributed by atoms with van der Waals surface area (Å²) in [6.45, 7) is -0.824. The fourth-order valence-electron chi connectivity index (χ4n) is 2.48. The molecule has 1 aromatic rings. The second-order valence-corrected chi connectivity index (χ2v) is 6.59. The van der Waals surface area contributed by atoms with Crippen LogP contribution >= 0.6 is 0 Å². The molecule has 30 heavy (non-hydrogen) atoms. The number of carboxylic acids is 1. The number of hydrogen-bond acceptors (Lipinski definition) is 8. The van der Waals surface area contributed by atoms with Crippen LogP contribution in [-0.2, 0) is 25.6 Å². The Balaban J connectivity index is 2.46. The number of aromatic nitrogens is 2. The zero-order valence-corrected chi connectivity index (χ0v) is 16.5. The number of nitrogens with two attached hydrogens (primary N) is 2. The van der Waals surface area contributed by atoms with Crippen molar-refractivity contribution in [1.82, 2.24) is 25.9 Å². The molecule has 10 N–H and O–H groups in total. The molecule has 0 fully saturated rings. The molecule has 13 heteroatoms. The number of aromatic amines is 1. The third-order valence-corrected chi connectivity index (χ3v) is 4.15. The predicted molar refractivity (Wildman–Crippen MR) is 105 cm³/mol. The van der Waals surface area contributed by atoms with Crippen LogP contribution in [0.25, 0.3) is 0 Å². The molecule has 0 aromatic carbocycles. The maximum absolute atomic E-state index is 12.1. The smallest absolute Gasteiger partial charge is 0.326 e. The number of carbonyl (C=O) groups excluding carboxylic acids is 3. The number of amides is 3. The van der Waals surface area contributed by atoms with E-state index in [1.165, 1.54) is 12.5 Å². The number of aliphatic carboxylic acids is 1. The van der Waals surface area contributed by atoms with Gasteiger partial charge >= 0.3 is 5.97 Å². The van der Waals surface area contributed by atoms with E-state index in [0.29, 0.717) is 25.1 Å². The van der Waals surface area contributed by atoms with Gasteiger partial charge in [-0.05, 0) is 25.8 Å². The highest BCUT2D eigenvalue weighted by molar-refractivity contribution is 5.92. The molecular weight excluding hydrogens is 398 g/mol. The minimum atomic E-state index is -1.32. The summed E-state index contributed by atoms with van der Waals surface area (Å²) in [7, 11) is 0. The van der Waals surface area contributed by atoms with Gasteiger partial charge in [0, 0.05) is 18.3 Å². The van der Waals surface area contributed by atoms with Gasteiger partial charge in [-0.2, -0.15) is 0 Å². The van der Waals surface area contributed by atoms with Crippen molar-refractivity contribution in [3.8, 4) is 0 Å². The Morgan fingerprint density at radius 3 is 2.43 bits per heavy atom. The summed E-state index contributed by atoms with van der Waals surface area (Å²) in [4.78, 5) is 54.0. The van der Waals surface area contributed by atoms with E-state index >= 15 is 0 Å². The van der Waals surface area contributed by atoms with Crippen molar-refractivity contribution in [2.75, 3.05) is 19.7 Å². The molecular formula is C17H29N7O6. The van der Waals surface area contributed by atoms with E-state index in [2.05, 4.69) is 25.9 Å². The highest BCUT2D eigenvalue weighted by Gasteiger charge is 2.25. The number of nitrogens with zero attached hydrogens (tertiary/aromatic N) is 1. The predicted octanol–water partition coefficient (Wildman–Crippen LogP) is -3.43. The lowest BCUT2D eigenvalue weighted by atomic mass is 10.1. The molecule has 1 rings (SSSR count). The van der Waals surface area contributed by atoms with E-state index in [-0.39, 0.29) is 12.8 Å². The molecule has 1 heterocycles. The molecule has 0 spiro atoms. The molecule has 3 unspecified atom stereocenters. The fraction of sp³-hybridized carbons (Fsp3) is 0.588. The Labute approximate surface area is 173 Å². The summed E-state index contributed by atoms with van der Waals surface area (Å²) in [5.41, 5.74) is 11.7. The van der Waals surface area contributed by atoms with Crippen LogP contribution in [0.3, 0.4) is 0 Å². The minimum absolute atomic E-state index is 0.148. The molecule has 0 bridgehead atoms. The molecule has 0 saturated heterocycles. The maximum Gasteiger partial charge on any atom is 0.326 e. The van der Waals surface area contributed by atoms with Crippen molar-refractivity contribution < 1.29 is 29.4 Å². The van der Waals surface area contributed by atoms with Gasteiger partial charge in [0.2, 0.25) is 17.7 Å². The zero-order chi connectivity index (χ0) is 22.5. The number of nitrogens with one attached hydrogen (secondary N) is 4. The van der Waals surface area contributed by atoms with Gasteiger partial charge in [-0.15, -0.1) is 0 Å². The highest BCUT2D eigenvalue weighted by atomic mass is 16.4. The maximum atomic E-state index is 12.1. The van der Waals surface area contributed by atoms with Crippen molar-refractivity contribution in [3.05, 3.63) is 18.2 Å². The SMILES string of the molecule is NCCCCC(NC(=O)CNC(=O)C(CO)NC(=O)C(N)Cc1cnc[nH]1)C(=O)O. The summed E-state index contributed by atoms with van der Waals surface area (Å²) in [6.07, 6.45) is 4.43. The molecule has 0 aliphatic carbocycles. The van der Waals surface area contributed by atoms with Crippen LogP contribution in [0.5, 0.6) is 0 Å². The van der Waals surface area contributed by atoms with E-state index in [4.69, 9.17) is 16.6 Å². The summed E-state index contributed by atoms with van der Waals surface area (Å²) in [5, 5.41) is 25.3. The Kier molecular flexibility index (Phi) is 11.0. The first kappa shape index (κ1) is 25.0. The molecule has 3 amide bonds. The number of carbonyl (C=O) groups is 4. The number of carboxylic acid groups (broad SMARTS) is 1. The average Bonchev–Trinajstić information content (AvgIpc) is 3.22. The molecule has 0 radical (unpaired) electrons. The van der Waals surface area contributed by atoms with Crippen molar-refractivity contribution >= 4 is 23.7 Å². The lowest BCUT2D eigenvalue weighted by Crippen LogP contribution is -2.55. The third-order valence-electron chi connectivity index (χ3n) is 4.15. The number of rotatable bonds is 14. The number of imidazole rings is 1. The van der Waals surface area contributed by atoms with Crippen LogP contribution in [0.4, 0.5) is 0 Å². The van der Waals surface area contributed by atoms with E-state index in [1.54, 1.807) is 0 Å². The summed E-state index contributed by atoms with van der Waals surface area (Å²) < 4.78 is 0. The van der Waals surface area contributed by atoms with E-state index < -0.39 is 55.0 Å². The van der Waals surface area contributed by atoms with Crippen LogP contribution < -0.4 is 27.4 Å². The van der Waals surface area contributed by atoms with Gasteiger partial charge < -0.3 is 42.6 Å². The zero-order valence-electron chi connectivity index (χ0n) is 16.5. The molecule has 0 aliphatic rings. The van der Waals surface area contributed by atoms with Gasteiger partial charge in [0.25, 0.3) is 0 Å². The Morgan fingerprint density at radius 1 is 1.13 bits per heavy atom. The largest absolute Gasteiger partial charge is 0.480 e.